The number of allylic oxidation sites excluding steroid dienone is 1. The van der Waals surface area contributed by atoms with Crippen molar-refractivity contribution >= 4 is 17.6 Å². The number of aryl methyl sites for hydroxylation is 1. The van der Waals surface area contributed by atoms with Gasteiger partial charge in [0, 0.05) is 30.2 Å². The molecule has 168 valence electrons. The summed E-state index contributed by atoms with van der Waals surface area (Å²) in [5.74, 6) is -1.07. The highest BCUT2D eigenvalue weighted by Crippen LogP contribution is 2.38. The van der Waals surface area contributed by atoms with Gasteiger partial charge < -0.3 is 9.64 Å². The number of nitrogens with zero attached hydrogens (tertiary/aromatic N) is 2. The maximum Gasteiger partial charge on any atom is 0.336 e. The Labute approximate surface area is 187 Å². The second-order valence-electron chi connectivity index (χ2n) is 8.57. The van der Waals surface area contributed by atoms with E-state index in [0.29, 0.717) is 23.4 Å². The molecule has 0 spiro atoms. The molecule has 3 rings (SSSR count). The fourth-order valence-corrected chi connectivity index (χ4v) is 3.80. The summed E-state index contributed by atoms with van der Waals surface area (Å²) in [6, 6.07) is 14.0. The van der Waals surface area contributed by atoms with Gasteiger partial charge in [-0.25, -0.2) is 4.79 Å². The second kappa shape index (κ2) is 9.77. The van der Waals surface area contributed by atoms with Crippen LogP contribution in [0.3, 0.4) is 0 Å². The van der Waals surface area contributed by atoms with Gasteiger partial charge in [-0.3, -0.25) is 14.9 Å². The quantitative estimate of drug-likeness (QED) is 0.350. The van der Waals surface area contributed by atoms with E-state index in [-0.39, 0.29) is 30.5 Å². The van der Waals surface area contributed by atoms with Crippen LogP contribution in [-0.2, 0) is 20.9 Å². The van der Waals surface area contributed by atoms with Gasteiger partial charge in [0.05, 0.1) is 23.6 Å². The Morgan fingerprint density at radius 1 is 1.19 bits per heavy atom. The van der Waals surface area contributed by atoms with Crippen molar-refractivity contribution in [2.45, 2.75) is 46.6 Å². The van der Waals surface area contributed by atoms with Crippen LogP contribution in [0.25, 0.3) is 0 Å². The van der Waals surface area contributed by atoms with E-state index in [4.69, 9.17) is 4.74 Å². The van der Waals surface area contributed by atoms with E-state index in [1.807, 2.05) is 45.0 Å². The minimum atomic E-state index is -0.601. The number of esters is 1. The molecule has 1 heterocycles. The number of nitro groups is 1. The van der Waals surface area contributed by atoms with Gasteiger partial charge in [-0.15, -0.1) is 0 Å². The first kappa shape index (κ1) is 23.2. The zero-order valence-electron chi connectivity index (χ0n) is 18.8. The number of hydrogen-bond donors (Lipinski definition) is 0. The first-order valence-corrected chi connectivity index (χ1v) is 10.7. The lowest BCUT2D eigenvalue weighted by Crippen LogP contribution is -2.38. The predicted octanol–water partition coefficient (Wildman–Crippen LogP) is 4.89. The van der Waals surface area contributed by atoms with Crippen molar-refractivity contribution in [1.82, 2.24) is 4.90 Å². The molecule has 0 N–H and O–H groups in total. The molecular weight excluding hydrogens is 408 g/mol. The highest BCUT2D eigenvalue weighted by atomic mass is 16.6. The Hall–Kier alpha value is -3.48. The third-order valence-corrected chi connectivity index (χ3v) is 5.54. The standard InChI is InChI=1S/C25H28N2O5/c1-16(2)15-32-25(29)24-18(4)26(14-19-10-8-17(3)9-11-19)23(28)13-22(24)20-6-5-7-21(12-20)27(30)31/h5-12,16,22H,13-15H2,1-4H3. The molecule has 1 atom stereocenters. The molecule has 1 aliphatic heterocycles. The Morgan fingerprint density at radius 2 is 1.88 bits per heavy atom. The van der Waals surface area contributed by atoms with Crippen molar-refractivity contribution in [2.75, 3.05) is 6.61 Å². The summed E-state index contributed by atoms with van der Waals surface area (Å²) in [5.41, 5.74) is 3.44. The van der Waals surface area contributed by atoms with Crippen LogP contribution in [-0.4, -0.2) is 28.3 Å². The fraction of sp³-hybridized carbons (Fsp3) is 0.360. The molecule has 0 bridgehead atoms. The van der Waals surface area contributed by atoms with Gasteiger partial charge in [0.1, 0.15) is 0 Å². The number of carbonyl (C=O) groups excluding carboxylic acids is 2. The summed E-state index contributed by atoms with van der Waals surface area (Å²) >= 11 is 0. The van der Waals surface area contributed by atoms with Gasteiger partial charge in [-0.05, 0) is 30.9 Å². The number of carbonyl (C=O) groups is 2. The monoisotopic (exact) mass is 436 g/mol. The van der Waals surface area contributed by atoms with Gasteiger partial charge in [0.15, 0.2) is 0 Å². The zero-order valence-corrected chi connectivity index (χ0v) is 18.8. The summed E-state index contributed by atoms with van der Waals surface area (Å²) in [4.78, 5) is 38.6. The molecule has 0 aromatic heterocycles. The Morgan fingerprint density at radius 3 is 2.50 bits per heavy atom. The Balaban J connectivity index is 2.03. The molecule has 7 heteroatoms. The van der Waals surface area contributed by atoms with E-state index in [2.05, 4.69) is 0 Å². The van der Waals surface area contributed by atoms with Gasteiger partial charge in [-0.2, -0.15) is 0 Å². The maximum absolute atomic E-state index is 13.1. The molecule has 0 radical (unpaired) electrons. The van der Waals surface area contributed by atoms with Crippen molar-refractivity contribution in [3.63, 3.8) is 0 Å². The summed E-state index contributed by atoms with van der Waals surface area (Å²) in [6.07, 6.45) is 0.0382. The third kappa shape index (κ3) is 5.22. The van der Waals surface area contributed by atoms with Gasteiger partial charge in [-0.1, -0.05) is 55.8 Å². The molecule has 1 aliphatic rings. The van der Waals surface area contributed by atoms with E-state index < -0.39 is 16.8 Å². The third-order valence-electron chi connectivity index (χ3n) is 5.54. The van der Waals surface area contributed by atoms with Gasteiger partial charge in [0.25, 0.3) is 5.69 Å². The number of benzene rings is 2. The smallest absolute Gasteiger partial charge is 0.336 e. The fourth-order valence-electron chi connectivity index (χ4n) is 3.80. The van der Waals surface area contributed by atoms with Crippen LogP contribution >= 0.6 is 0 Å². The van der Waals surface area contributed by atoms with Crippen LogP contribution in [0.4, 0.5) is 5.69 Å². The molecule has 0 saturated carbocycles. The molecule has 0 fully saturated rings. The molecule has 1 unspecified atom stereocenters. The normalized spacial score (nSPS) is 16.5. The van der Waals surface area contributed by atoms with Crippen LogP contribution in [0, 0.1) is 23.0 Å². The van der Waals surface area contributed by atoms with Crippen molar-refractivity contribution in [3.05, 3.63) is 86.6 Å². The van der Waals surface area contributed by atoms with Crippen LogP contribution in [0.5, 0.6) is 0 Å². The maximum atomic E-state index is 13.1. The number of nitro benzene ring substituents is 1. The average Bonchev–Trinajstić information content (AvgIpc) is 2.76. The molecule has 0 saturated heterocycles. The number of amides is 1. The van der Waals surface area contributed by atoms with Gasteiger partial charge in [0.2, 0.25) is 5.91 Å². The Kier molecular flexibility index (Phi) is 7.08. The van der Waals surface area contributed by atoms with E-state index >= 15 is 0 Å². The van der Waals surface area contributed by atoms with Crippen molar-refractivity contribution in [3.8, 4) is 0 Å². The lowest BCUT2D eigenvalue weighted by molar-refractivity contribution is -0.384. The number of non-ortho nitro benzene ring substituents is 1. The average molecular weight is 437 g/mol. The molecule has 32 heavy (non-hydrogen) atoms. The molecule has 1 amide bonds. The highest BCUT2D eigenvalue weighted by Gasteiger charge is 2.37. The minimum Gasteiger partial charge on any atom is -0.462 e. The second-order valence-corrected chi connectivity index (χ2v) is 8.57. The summed E-state index contributed by atoms with van der Waals surface area (Å²) in [6.45, 7) is 8.22. The Bertz CT molecular complexity index is 1060. The summed E-state index contributed by atoms with van der Waals surface area (Å²) in [7, 11) is 0. The number of hydrogen-bond acceptors (Lipinski definition) is 5. The van der Waals surface area contributed by atoms with Crippen LogP contribution < -0.4 is 0 Å². The molecule has 0 aliphatic carbocycles. The molecule has 2 aromatic carbocycles. The largest absolute Gasteiger partial charge is 0.462 e. The van der Waals surface area contributed by atoms with Crippen LogP contribution in [0.2, 0.25) is 0 Å². The molecular formula is C25H28N2O5. The van der Waals surface area contributed by atoms with E-state index in [1.54, 1.807) is 24.0 Å². The molecule has 7 nitrogen and oxygen atoms in total. The van der Waals surface area contributed by atoms with E-state index in [9.17, 15) is 19.7 Å². The SMILES string of the molecule is CC1=C(C(=O)OCC(C)C)C(c2cccc([N+](=O)[O-])c2)CC(=O)N1Cc1ccc(C)cc1. The lowest BCUT2D eigenvalue weighted by atomic mass is 9.83. The zero-order chi connectivity index (χ0) is 23.4. The first-order chi connectivity index (χ1) is 15.2. The minimum absolute atomic E-state index is 0.0382. The van der Waals surface area contributed by atoms with Crippen molar-refractivity contribution in [2.24, 2.45) is 5.92 Å². The number of ether oxygens (including phenoxy) is 1. The predicted molar refractivity (Wildman–Crippen MR) is 121 cm³/mol. The first-order valence-electron chi connectivity index (χ1n) is 10.7. The van der Waals surface area contributed by atoms with Crippen molar-refractivity contribution in [1.29, 1.82) is 0 Å². The lowest BCUT2D eigenvalue weighted by Gasteiger charge is -2.34. The van der Waals surface area contributed by atoms with E-state index in [1.165, 1.54) is 12.1 Å². The van der Waals surface area contributed by atoms with Gasteiger partial charge >= 0.3 is 5.97 Å². The van der Waals surface area contributed by atoms with Crippen LogP contribution in [0.1, 0.15) is 49.8 Å². The van der Waals surface area contributed by atoms with E-state index in [0.717, 1.165) is 11.1 Å². The van der Waals surface area contributed by atoms with Crippen molar-refractivity contribution < 1.29 is 19.2 Å². The highest BCUT2D eigenvalue weighted by molar-refractivity contribution is 5.96. The number of rotatable bonds is 7. The van der Waals surface area contributed by atoms with Crippen LogP contribution in [0.15, 0.2) is 59.8 Å². The summed E-state index contributed by atoms with van der Waals surface area (Å²) < 4.78 is 5.52. The topological polar surface area (TPSA) is 89.7 Å². The summed E-state index contributed by atoms with van der Waals surface area (Å²) in [5, 5.41) is 11.3. The molecule has 2 aromatic rings.